The summed E-state index contributed by atoms with van der Waals surface area (Å²) in [5.74, 6) is 1.76. The van der Waals surface area contributed by atoms with Gasteiger partial charge in [0.15, 0.2) is 5.05 Å². The molecule has 2 fully saturated rings. The normalized spacial score (nSPS) is 18.8. The van der Waals surface area contributed by atoms with Crippen LogP contribution < -0.4 is 0 Å². The van der Waals surface area contributed by atoms with E-state index in [2.05, 4.69) is 46.4 Å². The third-order valence-electron chi connectivity index (χ3n) is 17.8. The molecule has 0 saturated heterocycles. The van der Waals surface area contributed by atoms with Crippen molar-refractivity contribution in [2.45, 2.75) is 337 Å². The monoisotopic (exact) mass is 1040 g/mol. The standard InChI is InChI=1S/C66H125NO5S/c1-7-13-17-21-25-29-33-40-59(41-34-30-26-22-18-14-8-2)46-48-62(68)71-57-65-50-39-51-66(56-65,55-61(54-65)44-38-53-70-64(73)45-37-52-67(11-5)12-6)58-72-63(69)49-47-60(42-35-31-27-23-19-15-9-3)43-36-32-28-24-20-16-10-4/h59-61H,7-58H2,1-6H3. The van der Waals surface area contributed by atoms with E-state index in [0.717, 1.165) is 102 Å². The zero-order valence-electron chi connectivity index (χ0n) is 49.9. The van der Waals surface area contributed by atoms with Gasteiger partial charge >= 0.3 is 11.9 Å². The van der Waals surface area contributed by atoms with Crippen LogP contribution in [0.1, 0.15) is 337 Å². The minimum absolute atomic E-state index is 0.00804. The summed E-state index contributed by atoms with van der Waals surface area (Å²) in [4.78, 5) is 30.0. The SMILES string of the molecule is CCCCCCCCCC(CCCCCCCCC)CCC(=O)OCC12CCCC(COC(=O)CCC(CCCCCCCCC)CCCCCCCCC)(CC(CCCOC(=S)CCCN(CC)CC)C1)C2. The Morgan fingerprint density at radius 1 is 0.466 bits per heavy atom. The fourth-order valence-corrected chi connectivity index (χ4v) is 13.6. The average Bonchev–Trinajstić information content (AvgIpc) is 3.39. The molecule has 0 aliphatic heterocycles. The van der Waals surface area contributed by atoms with E-state index in [1.165, 1.54) is 205 Å². The Balaban J connectivity index is 2.07. The van der Waals surface area contributed by atoms with Crippen LogP contribution in [0.15, 0.2) is 0 Å². The molecule has 2 atom stereocenters. The molecule has 0 radical (unpaired) electrons. The van der Waals surface area contributed by atoms with E-state index in [-0.39, 0.29) is 22.8 Å². The number of fused-ring (bicyclic) bond motifs is 2. The van der Waals surface area contributed by atoms with E-state index >= 15 is 0 Å². The number of carbonyl (C=O) groups is 2. The molecule has 0 N–H and O–H groups in total. The van der Waals surface area contributed by atoms with Crippen LogP contribution in [0, 0.1) is 28.6 Å². The molecule has 0 aromatic rings. The molecule has 0 heterocycles. The smallest absolute Gasteiger partial charge is 0.305 e. The summed E-state index contributed by atoms with van der Waals surface area (Å²) in [6.45, 7) is 18.5. The number of hydrogen-bond donors (Lipinski definition) is 0. The summed E-state index contributed by atoms with van der Waals surface area (Å²) in [6.07, 6.45) is 56.0. The van der Waals surface area contributed by atoms with E-state index in [1.807, 2.05) is 0 Å². The van der Waals surface area contributed by atoms with Gasteiger partial charge in [0.05, 0.1) is 19.8 Å². The average molecular weight is 1040 g/mol. The molecule has 0 spiro atoms. The van der Waals surface area contributed by atoms with Crippen LogP contribution in [0.4, 0.5) is 0 Å². The molecule has 0 aromatic carbocycles. The van der Waals surface area contributed by atoms with E-state index in [9.17, 15) is 9.59 Å². The van der Waals surface area contributed by atoms with Crippen molar-refractivity contribution in [2.24, 2.45) is 28.6 Å². The second-order valence-corrected chi connectivity index (χ2v) is 25.0. The minimum Gasteiger partial charge on any atom is -0.487 e. The highest BCUT2D eigenvalue weighted by Crippen LogP contribution is 2.58. The lowest BCUT2D eigenvalue weighted by Crippen LogP contribution is -2.49. The lowest BCUT2D eigenvalue weighted by Gasteiger charge is -2.54. The number of carbonyl (C=O) groups excluding carboxylic acids is 2. The first-order valence-electron chi connectivity index (χ1n) is 32.8. The van der Waals surface area contributed by atoms with Crippen LogP contribution in [-0.4, -0.2) is 61.3 Å². The van der Waals surface area contributed by atoms with Gasteiger partial charge in [0, 0.05) is 30.1 Å². The maximum atomic E-state index is 13.8. The lowest BCUT2D eigenvalue weighted by atomic mass is 9.52. The molecule has 7 heteroatoms. The van der Waals surface area contributed by atoms with Crippen molar-refractivity contribution in [3.05, 3.63) is 0 Å². The predicted octanol–water partition coefficient (Wildman–Crippen LogP) is 20.6. The molecule has 2 rings (SSSR count). The maximum Gasteiger partial charge on any atom is 0.305 e. The Morgan fingerprint density at radius 3 is 1.21 bits per heavy atom. The van der Waals surface area contributed by atoms with E-state index in [1.54, 1.807) is 0 Å². The van der Waals surface area contributed by atoms with Gasteiger partial charge in [-0.3, -0.25) is 9.59 Å². The van der Waals surface area contributed by atoms with Crippen LogP contribution in [0.5, 0.6) is 0 Å². The van der Waals surface area contributed by atoms with Gasteiger partial charge in [0.2, 0.25) is 0 Å². The van der Waals surface area contributed by atoms with Crippen LogP contribution >= 0.6 is 12.2 Å². The third-order valence-corrected chi connectivity index (χ3v) is 18.2. The zero-order chi connectivity index (χ0) is 52.9. The largest absolute Gasteiger partial charge is 0.487 e. The second-order valence-electron chi connectivity index (χ2n) is 24.6. The predicted molar refractivity (Wildman–Crippen MR) is 319 cm³/mol. The third kappa shape index (κ3) is 35.0. The van der Waals surface area contributed by atoms with Gasteiger partial charge in [-0.05, 0) is 114 Å². The van der Waals surface area contributed by atoms with E-state index < -0.39 is 0 Å². The summed E-state index contributed by atoms with van der Waals surface area (Å²) in [7, 11) is 0. The van der Waals surface area contributed by atoms with Gasteiger partial charge in [-0.1, -0.05) is 253 Å². The van der Waals surface area contributed by atoms with Crippen molar-refractivity contribution in [2.75, 3.05) is 39.5 Å². The number of hydrogen-bond acceptors (Lipinski definition) is 7. The molecule has 2 bridgehead atoms. The van der Waals surface area contributed by atoms with E-state index in [4.69, 9.17) is 26.4 Å². The molecule has 2 aliphatic rings. The molecule has 73 heavy (non-hydrogen) atoms. The molecule has 2 unspecified atom stereocenters. The highest BCUT2D eigenvalue weighted by atomic mass is 32.1. The quantitative estimate of drug-likeness (QED) is 0.0342. The van der Waals surface area contributed by atoms with Gasteiger partial charge in [-0.2, -0.15) is 0 Å². The Hall–Kier alpha value is -1.21. The fourth-order valence-electron chi connectivity index (χ4n) is 13.3. The first kappa shape index (κ1) is 67.9. The molecule has 430 valence electrons. The molecule has 2 saturated carbocycles. The van der Waals surface area contributed by atoms with Gasteiger partial charge < -0.3 is 19.1 Å². The van der Waals surface area contributed by atoms with Crippen LogP contribution in [0.3, 0.4) is 0 Å². The first-order valence-corrected chi connectivity index (χ1v) is 33.3. The van der Waals surface area contributed by atoms with Gasteiger partial charge in [0.1, 0.15) is 0 Å². The molecular weight excluding hydrogens is 919 g/mol. The molecule has 6 nitrogen and oxygen atoms in total. The number of thiocarbonyl (C=S) groups is 1. The van der Waals surface area contributed by atoms with Gasteiger partial charge in [-0.25, -0.2) is 0 Å². The van der Waals surface area contributed by atoms with E-state index in [0.29, 0.717) is 50.4 Å². The number of rotatable bonds is 52. The summed E-state index contributed by atoms with van der Waals surface area (Å²) >= 11 is 5.68. The highest BCUT2D eigenvalue weighted by molar-refractivity contribution is 7.80. The molecule has 0 amide bonds. The number of esters is 2. The van der Waals surface area contributed by atoms with Crippen molar-refractivity contribution in [3.63, 3.8) is 0 Å². The Morgan fingerprint density at radius 2 is 0.836 bits per heavy atom. The number of ether oxygens (including phenoxy) is 3. The first-order chi connectivity index (χ1) is 35.7. The van der Waals surface area contributed by atoms with Crippen LogP contribution in [0.25, 0.3) is 0 Å². The summed E-state index contributed by atoms with van der Waals surface area (Å²) in [5, 5.41) is 0.749. The molecule has 0 aromatic heterocycles. The Kier molecular flexibility index (Phi) is 42.6. The fraction of sp³-hybridized carbons (Fsp3) is 0.955. The van der Waals surface area contributed by atoms with Crippen molar-refractivity contribution in [1.82, 2.24) is 4.90 Å². The topological polar surface area (TPSA) is 65.1 Å². The number of unbranched alkanes of at least 4 members (excludes halogenated alkanes) is 24. The Labute approximate surface area is 460 Å². The summed E-state index contributed by atoms with van der Waals surface area (Å²) in [6, 6.07) is 0. The van der Waals surface area contributed by atoms with Gasteiger partial charge in [-0.15, -0.1) is 0 Å². The second kappa shape index (κ2) is 45.8. The van der Waals surface area contributed by atoms with Gasteiger partial charge in [0.25, 0.3) is 0 Å². The highest BCUT2D eigenvalue weighted by Gasteiger charge is 2.52. The Bertz CT molecular complexity index is 1190. The molecule has 2 aliphatic carbocycles. The van der Waals surface area contributed by atoms with Crippen LogP contribution in [0.2, 0.25) is 0 Å². The minimum atomic E-state index is -0.0447. The van der Waals surface area contributed by atoms with Crippen molar-refractivity contribution in [3.8, 4) is 0 Å². The lowest BCUT2D eigenvalue weighted by molar-refractivity contribution is -0.161. The number of nitrogens with zero attached hydrogens (tertiary/aromatic N) is 1. The van der Waals surface area contributed by atoms with Crippen molar-refractivity contribution in [1.29, 1.82) is 0 Å². The summed E-state index contributed by atoms with van der Waals surface area (Å²) in [5.41, 5.74) is -0.0894. The van der Waals surface area contributed by atoms with Crippen molar-refractivity contribution >= 4 is 29.2 Å². The zero-order valence-corrected chi connectivity index (χ0v) is 50.7. The maximum absolute atomic E-state index is 13.8. The van der Waals surface area contributed by atoms with Crippen LogP contribution in [-0.2, 0) is 23.8 Å². The molecular formula is C66H125NO5S. The summed E-state index contributed by atoms with van der Waals surface area (Å²) < 4.78 is 19.0. The van der Waals surface area contributed by atoms with Crippen molar-refractivity contribution < 1.29 is 23.8 Å².